The molecular formula is C15H17BrN4. The highest BCUT2D eigenvalue weighted by Gasteiger charge is 2.11. The van der Waals surface area contributed by atoms with Gasteiger partial charge in [-0.25, -0.2) is 0 Å². The van der Waals surface area contributed by atoms with Crippen LogP contribution in [0.15, 0.2) is 28.7 Å². The molecule has 0 amide bonds. The summed E-state index contributed by atoms with van der Waals surface area (Å²) in [6.07, 6.45) is 0.915. The van der Waals surface area contributed by atoms with Gasteiger partial charge in [-0.2, -0.15) is 10.4 Å². The van der Waals surface area contributed by atoms with Crippen LogP contribution in [0.4, 0.5) is 0 Å². The lowest BCUT2D eigenvalue weighted by molar-refractivity contribution is 0.622. The lowest BCUT2D eigenvalue weighted by Gasteiger charge is -2.06. The molecule has 1 heterocycles. The smallest absolute Gasteiger partial charge is 0.0991 e. The Morgan fingerprint density at radius 2 is 2.20 bits per heavy atom. The molecule has 4 nitrogen and oxygen atoms in total. The van der Waals surface area contributed by atoms with E-state index in [0.717, 1.165) is 40.9 Å². The fourth-order valence-corrected chi connectivity index (χ4v) is 2.84. The zero-order valence-electron chi connectivity index (χ0n) is 11.7. The van der Waals surface area contributed by atoms with Crippen LogP contribution in [0, 0.1) is 11.3 Å². The Bertz CT molecular complexity index is 640. The zero-order chi connectivity index (χ0) is 14.5. The van der Waals surface area contributed by atoms with Gasteiger partial charge in [0.2, 0.25) is 0 Å². The van der Waals surface area contributed by atoms with E-state index in [4.69, 9.17) is 5.26 Å². The van der Waals surface area contributed by atoms with Crippen molar-refractivity contribution in [3.63, 3.8) is 0 Å². The molecule has 2 rings (SSSR count). The zero-order valence-corrected chi connectivity index (χ0v) is 13.2. The van der Waals surface area contributed by atoms with Crippen molar-refractivity contribution in [2.24, 2.45) is 7.05 Å². The third-order valence-corrected chi connectivity index (χ3v) is 4.10. The summed E-state index contributed by atoms with van der Waals surface area (Å²) in [5, 5.41) is 16.7. The summed E-state index contributed by atoms with van der Waals surface area (Å²) < 4.78 is 2.99. The maximum absolute atomic E-state index is 8.88. The van der Waals surface area contributed by atoms with E-state index in [2.05, 4.69) is 39.3 Å². The first-order valence-corrected chi connectivity index (χ1v) is 7.35. The van der Waals surface area contributed by atoms with Crippen LogP contribution in [-0.2, 0) is 26.6 Å². The van der Waals surface area contributed by atoms with E-state index in [1.807, 2.05) is 36.0 Å². The summed E-state index contributed by atoms with van der Waals surface area (Å²) in [6, 6.07) is 9.80. The molecule has 2 aromatic rings. The molecule has 0 unspecified atom stereocenters. The summed E-state index contributed by atoms with van der Waals surface area (Å²) in [4.78, 5) is 0. The highest BCUT2D eigenvalue weighted by atomic mass is 79.9. The van der Waals surface area contributed by atoms with E-state index in [-0.39, 0.29) is 0 Å². The number of hydrogen-bond acceptors (Lipinski definition) is 3. The molecule has 1 aromatic carbocycles. The lowest BCUT2D eigenvalue weighted by atomic mass is 10.1. The number of nitriles is 1. The topological polar surface area (TPSA) is 53.6 Å². The SMILES string of the molecule is CCc1nn(C)c(CNCc2cccc(C#N)c2)c1Br. The Balaban J connectivity index is 1.99. The average molecular weight is 333 g/mol. The molecule has 104 valence electrons. The van der Waals surface area contributed by atoms with Gasteiger partial charge < -0.3 is 5.32 Å². The van der Waals surface area contributed by atoms with Gasteiger partial charge in [0.1, 0.15) is 0 Å². The Hall–Kier alpha value is -1.64. The predicted molar refractivity (Wildman–Crippen MR) is 82.0 cm³/mol. The highest BCUT2D eigenvalue weighted by Crippen LogP contribution is 2.21. The normalized spacial score (nSPS) is 10.5. The van der Waals surface area contributed by atoms with Crippen LogP contribution in [0.25, 0.3) is 0 Å². The molecule has 0 bridgehead atoms. The fraction of sp³-hybridized carbons (Fsp3) is 0.333. The number of nitrogens with zero attached hydrogens (tertiary/aromatic N) is 3. The van der Waals surface area contributed by atoms with E-state index in [0.29, 0.717) is 5.56 Å². The van der Waals surface area contributed by atoms with E-state index in [1.165, 1.54) is 0 Å². The van der Waals surface area contributed by atoms with E-state index in [9.17, 15) is 0 Å². The van der Waals surface area contributed by atoms with Gasteiger partial charge in [-0.1, -0.05) is 19.1 Å². The summed E-state index contributed by atoms with van der Waals surface area (Å²) in [6.45, 7) is 3.56. The number of rotatable bonds is 5. The quantitative estimate of drug-likeness (QED) is 0.915. The molecule has 0 saturated carbocycles. The standard InChI is InChI=1S/C15H17BrN4/c1-3-13-15(16)14(20(2)19-13)10-18-9-12-6-4-5-11(7-12)8-17/h4-7,18H,3,9-10H2,1-2H3. The van der Waals surface area contributed by atoms with Crippen molar-refractivity contribution >= 4 is 15.9 Å². The van der Waals surface area contributed by atoms with Gasteiger partial charge in [0.15, 0.2) is 0 Å². The number of nitrogens with one attached hydrogen (secondary N) is 1. The minimum atomic E-state index is 0.694. The summed E-state index contributed by atoms with van der Waals surface area (Å²) in [5.74, 6) is 0. The van der Waals surface area contributed by atoms with Crippen LogP contribution >= 0.6 is 15.9 Å². The summed E-state index contributed by atoms with van der Waals surface area (Å²) in [5.41, 5.74) is 4.02. The van der Waals surface area contributed by atoms with E-state index >= 15 is 0 Å². The monoisotopic (exact) mass is 332 g/mol. The fourth-order valence-electron chi connectivity index (χ4n) is 2.09. The molecule has 20 heavy (non-hydrogen) atoms. The van der Waals surface area contributed by atoms with Crippen molar-refractivity contribution in [1.29, 1.82) is 5.26 Å². The van der Waals surface area contributed by atoms with Crippen LogP contribution in [0.3, 0.4) is 0 Å². The van der Waals surface area contributed by atoms with Gasteiger partial charge in [-0.15, -0.1) is 0 Å². The Morgan fingerprint density at radius 3 is 2.85 bits per heavy atom. The third-order valence-electron chi connectivity index (χ3n) is 3.18. The van der Waals surface area contributed by atoms with E-state index < -0.39 is 0 Å². The van der Waals surface area contributed by atoms with Crippen molar-refractivity contribution in [2.75, 3.05) is 0 Å². The number of aromatic nitrogens is 2. The van der Waals surface area contributed by atoms with Crippen LogP contribution in [0.2, 0.25) is 0 Å². The first-order valence-electron chi connectivity index (χ1n) is 6.55. The van der Waals surface area contributed by atoms with Crippen molar-refractivity contribution < 1.29 is 0 Å². The van der Waals surface area contributed by atoms with Crippen LogP contribution in [0.1, 0.15) is 29.4 Å². The molecule has 0 saturated heterocycles. The van der Waals surface area contributed by atoms with E-state index in [1.54, 1.807) is 0 Å². The van der Waals surface area contributed by atoms with Gasteiger partial charge in [-0.3, -0.25) is 4.68 Å². The van der Waals surface area contributed by atoms with Crippen molar-refractivity contribution in [3.8, 4) is 6.07 Å². The molecule has 0 aliphatic rings. The second-order valence-corrected chi connectivity index (χ2v) is 5.39. The largest absolute Gasteiger partial charge is 0.307 e. The molecular weight excluding hydrogens is 316 g/mol. The average Bonchev–Trinajstić information content (AvgIpc) is 2.74. The number of hydrogen-bond donors (Lipinski definition) is 1. The molecule has 5 heteroatoms. The van der Waals surface area contributed by atoms with Crippen LogP contribution in [0.5, 0.6) is 0 Å². The van der Waals surface area contributed by atoms with Gasteiger partial charge in [-0.05, 0) is 40.0 Å². The maximum Gasteiger partial charge on any atom is 0.0991 e. The van der Waals surface area contributed by atoms with Crippen molar-refractivity contribution in [2.45, 2.75) is 26.4 Å². The van der Waals surface area contributed by atoms with Gasteiger partial charge >= 0.3 is 0 Å². The Kier molecular flexibility index (Phi) is 4.94. The molecule has 0 aliphatic carbocycles. The van der Waals surface area contributed by atoms with Crippen molar-refractivity contribution in [3.05, 3.63) is 51.3 Å². The van der Waals surface area contributed by atoms with Crippen LogP contribution < -0.4 is 5.32 Å². The predicted octanol–water partition coefficient (Wildman–Crippen LogP) is 2.91. The Morgan fingerprint density at radius 1 is 1.40 bits per heavy atom. The number of benzene rings is 1. The molecule has 0 spiro atoms. The summed E-state index contributed by atoms with van der Waals surface area (Å²) in [7, 11) is 1.96. The first kappa shape index (κ1) is 14.8. The van der Waals surface area contributed by atoms with Gasteiger partial charge in [0, 0.05) is 20.1 Å². The maximum atomic E-state index is 8.88. The van der Waals surface area contributed by atoms with Crippen LogP contribution in [-0.4, -0.2) is 9.78 Å². The third kappa shape index (κ3) is 3.27. The summed E-state index contributed by atoms with van der Waals surface area (Å²) >= 11 is 3.61. The molecule has 1 N–H and O–H groups in total. The number of aryl methyl sites for hydroxylation is 2. The lowest BCUT2D eigenvalue weighted by Crippen LogP contribution is -2.15. The Labute approximate surface area is 127 Å². The van der Waals surface area contributed by atoms with Crippen molar-refractivity contribution in [1.82, 2.24) is 15.1 Å². The molecule has 0 atom stereocenters. The second kappa shape index (κ2) is 6.69. The second-order valence-electron chi connectivity index (χ2n) is 4.60. The van der Waals surface area contributed by atoms with Gasteiger partial charge in [0.05, 0.1) is 27.5 Å². The minimum Gasteiger partial charge on any atom is -0.307 e. The molecule has 0 fully saturated rings. The number of halogens is 1. The molecule has 1 aromatic heterocycles. The minimum absolute atomic E-state index is 0.694. The molecule has 0 aliphatic heterocycles. The molecule has 0 radical (unpaired) electrons. The first-order chi connectivity index (χ1) is 9.65. The highest BCUT2D eigenvalue weighted by molar-refractivity contribution is 9.10. The van der Waals surface area contributed by atoms with Gasteiger partial charge in [0.25, 0.3) is 0 Å².